The first kappa shape index (κ1) is 14.3. The SMILES string of the molecule is CC(C)Cc1nnc(NC(=O)c2cc(O)cc(O)c2)s1. The van der Waals surface area contributed by atoms with Crippen LogP contribution in [0.1, 0.15) is 29.2 Å². The van der Waals surface area contributed by atoms with Gasteiger partial charge in [0.1, 0.15) is 16.5 Å². The number of rotatable bonds is 4. The Bertz CT molecular complexity index is 605. The zero-order valence-corrected chi connectivity index (χ0v) is 11.9. The van der Waals surface area contributed by atoms with Gasteiger partial charge in [-0.1, -0.05) is 25.2 Å². The van der Waals surface area contributed by atoms with Crippen LogP contribution in [0.4, 0.5) is 5.13 Å². The molecule has 6 nitrogen and oxygen atoms in total. The predicted octanol–water partition coefficient (Wildman–Crippen LogP) is 2.40. The fourth-order valence-corrected chi connectivity index (χ4v) is 2.58. The molecule has 1 heterocycles. The summed E-state index contributed by atoms with van der Waals surface area (Å²) in [4.78, 5) is 12.0. The van der Waals surface area contributed by atoms with Crippen LogP contribution in [-0.2, 0) is 6.42 Å². The van der Waals surface area contributed by atoms with E-state index in [0.717, 1.165) is 17.5 Å². The molecule has 1 amide bonds. The Hall–Kier alpha value is -2.15. The van der Waals surface area contributed by atoms with Crippen molar-refractivity contribution in [3.63, 3.8) is 0 Å². The first-order chi connectivity index (χ1) is 9.44. The van der Waals surface area contributed by atoms with E-state index in [2.05, 4.69) is 29.4 Å². The van der Waals surface area contributed by atoms with E-state index in [-0.39, 0.29) is 17.1 Å². The van der Waals surface area contributed by atoms with Crippen molar-refractivity contribution in [1.29, 1.82) is 0 Å². The van der Waals surface area contributed by atoms with Crippen LogP contribution in [0.3, 0.4) is 0 Å². The summed E-state index contributed by atoms with van der Waals surface area (Å²) in [6.07, 6.45) is 0.806. The number of hydrogen-bond donors (Lipinski definition) is 3. The summed E-state index contributed by atoms with van der Waals surface area (Å²) in [6, 6.07) is 3.69. The van der Waals surface area contributed by atoms with Gasteiger partial charge in [0.05, 0.1) is 0 Å². The Kier molecular flexibility index (Phi) is 4.19. The lowest BCUT2D eigenvalue weighted by Crippen LogP contribution is -2.11. The minimum atomic E-state index is -0.455. The second-order valence-corrected chi connectivity index (χ2v) is 5.85. The monoisotopic (exact) mass is 293 g/mol. The van der Waals surface area contributed by atoms with Gasteiger partial charge in [0, 0.05) is 18.1 Å². The first-order valence-electron chi connectivity index (χ1n) is 6.11. The second-order valence-electron chi connectivity index (χ2n) is 4.79. The molecule has 7 heteroatoms. The van der Waals surface area contributed by atoms with Crippen molar-refractivity contribution in [3.05, 3.63) is 28.8 Å². The quantitative estimate of drug-likeness (QED) is 0.804. The molecule has 0 saturated heterocycles. The summed E-state index contributed by atoms with van der Waals surface area (Å²) < 4.78 is 0. The average molecular weight is 293 g/mol. The van der Waals surface area contributed by atoms with Gasteiger partial charge in [0.2, 0.25) is 5.13 Å². The highest BCUT2D eigenvalue weighted by molar-refractivity contribution is 7.15. The summed E-state index contributed by atoms with van der Waals surface area (Å²) >= 11 is 1.31. The van der Waals surface area contributed by atoms with E-state index >= 15 is 0 Å². The number of carbonyl (C=O) groups is 1. The third kappa shape index (κ3) is 3.67. The van der Waals surface area contributed by atoms with Crippen molar-refractivity contribution in [2.24, 2.45) is 5.92 Å². The van der Waals surface area contributed by atoms with E-state index < -0.39 is 5.91 Å². The number of anilines is 1. The molecule has 3 N–H and O–H groups in total. The minimum absolute atomic E-state index is 0.156. The number of phenolic OH excluding ortho intramolecular Hbond substituents is 2. The van der Waals surface area contributed by atoms with E-state index in [1.165, 1.54) is 23.5 Å². The maximum atomic E-state index is 12.0. The average Bonchev–Trinajstić information content (AvgIpc) is 2.74. The van der Waals surface area contributed by atoms with Crippen LogP contribution in [-0.4, -0.2) is 26.3 Å². The highest BCUT2D eigenvalue weighted by atomic mass is 32.1. The van der Waals surface area contributed by atoms with Gasteiger partial charge < -0.3 is 10.2 Å². The molecule has 0 saturated carbocycles. The van der Waals surface area contributed by atoms with Crippen molar-refractivity contribution < 1.29 is 15.0 Å². The number of hydrogen-bond acceptors (Lipinski definition) is 6. The summed E-state index contributed by atoms with van der Waals surface area (Å²) in [5.74, 6) is -0.334. The Morgan fingerprint density at radius 3 is 2.50 bits per heavy atom. The number of aromatic hydroxyl groups is 2. The van der Waals surface area contributed by atoms with Crippen LogP contribution >= 0.6 is 11.3 Å². The summed E-state index contributed by atoms with van der Waals surface area (Å²) in [7, 11) is 0. The molecular weight excluding hydrogens is 278 g/mol. The lowest BCUT2D eigenvalue weighted by Gasteiger charge is -2.03. The molecule has 0 aliphatic carbocycles. The Balaban J connectivity index is 2.09. The molecule has 0 atom stereocenters. The zero-order valence-electron chi connectivity index (χ0n) is 11.1. The van der Waals surface area contributed by atoms with Gasteiger partial charge in [-0.15, -0.1) is 10.2 Å². The molecule has 0 spiro atoms. The molecule has 1 aromatic heterocycles. The van der Waals surface area contributed by atoms with Gasteiger partial charge in [-0.25, -0.2) is 0 Å². The van der Waals surface area contributed by atoms with Gasteiger partial charge in [0.25, 0.3) is 5.91 Å². The molecule has 2 aromatic rings. The smallest absolute Gasteiger partial charge is 0.257 e. The van der Waals surface area contributed by atoms with E-state index in [1.807, 2.05) is 0 Å². The van der Waals surface area contributed by atoms with Crippen molar-refractivity contribution in [1.82, 2.24) is 10.2 Å². The highest BCUT2D eigenvalue weighted by Gasteiger charge is 2.12. The first-order valence-corrected chi connectivity index (χ1v) is 6.92. The Morgan fingerprint density at radius 2 is 1.90 bits per heavy atom. The summed E-state index contributed by atoms with van der Waals surface area (Å²) in [6.45, 7) is 4.16. The largest absolute Gasteiger partial charge is 0.508 e. The van der Waals surface area contributed by atoms with E-state index in [0.29, 0.717) is 11.0 Å². The van der Waals surface area contributed by atoms with Crippen LogP contribution in [0.25, 0.3) is 0 Å². The van der Waals surface area contributed by atoms with Gasteiger partial charge in [-0.3, -0.25) is 10.1 Å². The van der Waals surface area contributed by atoms with E-state index in [4.69, 9.17) is 0 Å². The Morgan fingerprint density at radius 1 is 1.25 bits per heavy atom. The van der Waals surface area contributed by atoms with Crippen LogP contribution in [0, 0.1) is 5.92 Å². The molecule has 0 unspecified atom stereocenters. The number of benzene rings is 1. The van der Waals surface area contributed by atoms with Gasteiger partial charge in [-0.05, 0) is 18.1 Å². The van der Waals surface area contributed by atoms with Crippen molar-refractivity contribution in [2.75, 3.05) is 5.32 Å². The Labute approximate surface area is 120 Å². The summed E-state index contributed by atoms with van der Waals surface area (Å²) in [5, 5.41) is 30.4. The van der Waals surface area contributed by atoms with Crippen LogP contribution < -0.4 is 5.32 Å². The van der Waals surface area contributed by atoms with Crippen molar-refractivity contribution in [3.8, 4) is 11.5 Å². The van der Waals surface area contributed by atoms with Crippen molar-refractivity contribution >= 4 is 22.4 Å². The molecule has 0 aliphatic heterocycles. The van der Waals surface area contributed by atoms with Crippen LogP contribution in [0.15, 0.2) is 18.2 Å². The molecule has 0 bridgehead atoms. The number of aromatic nitrogens is 2. The highest BCUT2D eigenvalue weighted by Crippen LogP contribution is 2.23. The fourth-order valence-electron chi connectivity index (χ4n) is 1.63. The molecule has 106 valence electrons. The molecule has 0 fully saturated rings. The lowest BCUT2D eigenvalue weighted by molar-refractivity contribution is 0.102. The third-order valence-corrected chi connectivity index (χ3v) is 3.30. The molecule has 2 rings (SSSR count). The maximum absolute atomic E-state index is 12.0. The van der Waals surface area contributed by atoms with Gasteiger partial charge >= 0.3 is 0 Å². The van der Waals surface area contributed by atoms with E-state index in [9.17, 15) is 15.0 Å². The molecule has 1 aromatic carbocycles. The number of nitrogens with zero attached hydrogens (tertiary/aromatic N) is 2. The second kappa shape index (κ2) is 5.87. The van der Waals surface area contributed by atoms with Crippen molar-refractivity contribution in [2.45, 2.75) is 20.3 Å². The number of nitrogens with one attached hydrogen (secondary N) is 1. The lowest BCUT2D eigenvalue weighted by atomic mass is 10.1. The number of phenols is 2. The fraction of sp³-hybridized carbons (Fsp3) is 0.308. The minimum Gasteiger partial charge on any atom is -0.508 e. The van der Waals surface area contributed by atoms with Gasteiger partial charge in [0.15, 0.2) is 0 Å². The van der Waals surface area contributed by atoms with Crippen LogP contribution in [0.5, 0.6) is 11.5 Å². The number of carbonyl (C=O) groups excluding carboxylic acids is 1. The third-order valence-electron chi connectivity index (χ3n) is 2.43. The summed E-state index contributed by atoms with van der Waals surface area (Å²) in [5.41, 5.74) is 0.156. The molecule has 20 heavy (non-hydrogen) atoms. The van der Waals surface area contributed by atoms with Crippen LogP contribution in [0.2, 0.25) is 0 Å². The standard InChI is InChI=1S/C13H15N3O3S/c1-7(2)3-11-15-16-13(20-11)14-12(19)8-4-9(17)6-10(18)5-8/h4-7,17-18H,3H2,1-2H3,(H,14,16,19). The van der Waals surface area contributed by atoms with Gasteiger partial charge in [-0.2, -0.15) is 0 Å². The van der Waals surface area contributed by atoms with E-state index in [1.54, 1.807) is 0 Å². The maximum Gasteiger partial charge on any atom is 0.257 e. The zero-order chi connectivity index (χ0) is 14.7. The molecular formula is C13H15N3O3S. The number of amides is 1. The normalized spacial score (nSPS) is 10.8. The topological polar surface area (TPSA) is 95.3 Å². The molecule has 0 radical (unpaired) electrons. The predicted molar refractivity (Wildman–Crippen MR) is 76.2 cm³/mol. The molecule has 0 aliphatic rings.